The van der Waals surface area contributed by atoms with E-state index in [0.717, 1.165) is 41.7 Å². The van der Waals surface area contributed by atoms with Crippen molar-refractivity contribution >= 4 is 33.3 Å². The number of nitrogens with zero attached hydrogens (tertiary/aromatic N) is 3. The molecule has 6 heteroatoms. The molecule has 0 spiro atoms. The highest BCUT2D eigenvalue weighted by atomic mass is 32.1. The molecular weight excluding hydrogens is 260 g/mol. The molecule has 2 aromatic heterocycles. The lowest BCUT2D eigenvalue weighted by Gasteiger charge is -2.19. The SMILES string of the molecule is CN(CCOCC1CC1)c1nc(N)nc2sccc12. The second-order valence-electron chi connectivity index (χ2n) is 4.98. The predicted octanol–water partition coefficient (Wildman–Crippen LogP) is 2.14. The summed E-state index contributed by atoms with van der Waals surface area (Å²) in [7, 11) is 2.01. The first-order valence-corrected chi connectivity index (χ1v) is 7.41. The van der Waals surface area contributed by atoms with Gasteiger partial charge in [0.05, 0.1) is 12.0 Å². The molecule has 0 amide bonds. The Hall–Kier alpha value is -1.40. The van der Waals surface area contributed by atoms with E-state index in [2.05, 4.69) is 14.9 Å². The van der Waals surface area contributed by atoms with Crippen LogP contribution in [0.3, 0.4) is 0 Å². The molecule has 1 aliphatic rings. The molecular formula is C13H18N4OS. The molecule has 2 heterocycles. The van der Waals surface area contributed by atoms with Crippen molar-refractivity contribution in [3.63, 3.8) is 0 Å². The number of ether oxygens (including phenoxy) is 1. The van der Waals surface area contributed by atoms with E-state index in [9.17, 15) is 0 Å². The third-order valence-corrected chi connectivity index (χ3v) is 4.11. The van der Waals surface area contributed by atoms with Gasteiger partial charge in [-0.1, -0.05) is 0 Å². The molecule has 5 nitrogen and oxygen atoms in total. The van der Waals surface area contributed by atoms with Crippen molar-refractivity contribution in [2.24, 2.45) is 5.92 Å². The summed E-state index contributed by atoms with van der Waals surface area (Å²) in [5.74, 6) is 2.03. The number of nitrogen functional groups attached to an aromatic ring is 1. The topological polar surface area (TPSA) is 64.3 Å². The van der Waals surface area contributed by atoms with Crippen LogP contribution in [0.2, 0.25) is 0 Å². The Morgan fingerprint density at radius 2 is 2.32 bits per heavy atom. The van der Waals surface area contributed by atoms with Gasteiger partial charge in [0.2, 0.25) is 5.95 Å². The van der Waals surface area contributed by atoms with E-state index in [1.165, 1.54) is 12.8 Å². The molecule has 0 atom stereocenters. The van der Waals surface area contributed by atoms with Gasteiger partial charge < -0.3 is 15.4 Å². The maximum absolute atomic E-state index is 5.75. The van der Waals surface area contributed by atoms with Crippen molar-refractivity contribution in [3.05, 3.63) is 11.4 Å². The molecule has 102 valence electrons. The minimum atomic E-state index is 0.329. The van der Waals surface area contributed by atoms with Crippen LogP contribution in [0.5, 0.6) is 0 Å². The van der Waals surface area contributed by atoms with Gasteiger partial charge in [0.15, 0.2) is 0 Å². The van der Waals surface area contributed by atoms with Gasteiger partial charge in [0, 0.05) is 20.2 Å². The maximum Gasteiger partial charge on any atom is 0.223 e. The summed E-state index contributed by atoms with van der Waals surface area (Å²) in [6, 6.07) is 2.04. The van der Waals surface area contributed by atoms with Gasteiger partial charge in [-0.15, -0.1) is 11.3 Å². The summed E-state index contributed by atoms with van der Waals surface area (Å²) in [5, 5.41) is 3.07. The van der Waals surface area contributed by atoms with E-state index in [0.29, 0.717) is 5.95 Å². The van der Waals surface area contributed by atoms with E-state index >= 15 is 0 Å². The van der Waals surface area contributed by atoms with E-state index in [1.54, 1.807) is 11.3 Å². The number of thiophene rings is 1. The zero-order chi connectivity index (χ0) is 13.2. The van der Waals surface area contributed by atoms with Crippen LogP contribution in [-0.2, 0) is 4.74 Å². The van der Waals surface area contributed by atoms with E-state index in [1.807, 2.05) is 18.5 Å². The van der Waals surface area contributed by atoms with Crippen LogP contribution in [0.4, 0.5) is 11.8 Å². The number of fused-ring (bicyclic) bond motifs is 1. The Balaban J connectivity index is 1.65. The van der Waals surface area contributed by atoms with Gasteiger partial charge in [-0.05, 0) is 30.2 Å². The first kappa shape index (κ1) is 12.6. The molecule has 1 fully saturated rings. The Kier molecular flexibility index (Phi) is 3.52. The Bertz CT molecular complexity index is 567. The Morgan fingerprint density at radius 3 is 3.11 bits per heavy atom. The van der Waals surface area contributed by atoms with Gasteiger partial charge in [-0.3, -0.25) is 0 Å². The van der Waals surface area contributed by atoms with Crippen LogP contribution in [0.1, 0.15) is 12.8 Å². The molecule has 0 aliphatic heterocycles. The Morgan fingerprint density at radius 1 is 1.47 bits per heavy atom. The Labute approximate surface area is 116 Å². The number of anilines is 2. The number of hydrogen-bond donors (Lipinski definition) is 1. The quantitative estimate of drug-likeness (QED) is 0.820. The molecule has 1 aliphatic carbocycles. The zero-order valence-corrected chi connectivity index (χ0v) is 11.8. The molecule has 3 rings (SSSR count). The minimum Gasteiger partial charge on any atom is -0.379 e. The average molecular weight is 278 g/mol. The number of rotatable bonds is 6. The van der Waals surface area contributed by atoms with Crippen LogP contribution in [-0.4, -0.2) is 36.8 Å². The van der Waals surface area contributed by atoms with Gasteiger partial charge in [0.25, 0.3) is 0 Å². The van der Waals surface area contributed by atoms with Gasteiger partial charge in [-0.2, -0.15) is 4.98 Å². The smallest absolute Gasteiger partial charge is 0.223 e. The fourth-order valence-electron chi connectivity index (χ4n) is 1.99. The fraction of sp³-hybridized carbons (Fsp3) is 0.538. The lowest BCUT2D eigenvalue weighted by Crippen LogP contribution is -2.24. The van der Waals surface area contributed by atoms with E-state index in [4.69, 9.17) is 10.5 Å². The third-order valence-electron chi connectivity index (χ3n) is 3.31. The van der Waals surface area contributed by atoms with Crippen LogP contribution < -0.4 is 10.6 Å². The second-order valence-corrected chi connectivity index (χ2v) is 5.88. The molecule has 2 N–H and O–H groups in total. The van der Waals surface area contributed by atoms with Gasteiger partial charge in [-0.25, -0.2) is 4.98 Å². The maximum atomic E-state index is 5.75. The minimum absolute atomic E-state index is 0.329. The summed E-state index contributed by atoms with van der Waals surface area (Å²) in [4.78, 5) is 11.6. The van der Waals surface area contributed by atoms with Crippen molar-refractivity contribution in [2.75, 3.05) is 37.4 Å². The monoisotopic (exact) mass is 278 g/mol. The first-order valence-electron chi connectivity index (χ1n) is 6.53. The van der Waals surface area contributed by atoms with Crippen molar-refractivity contribution in [1.82, 2.24) is 9.97 Å². The number of aromatic nitrogens is 2. The average Bonchev–Trinajstić information content (AvgIpc) is 3.10. The molecule has 19 heavy (non-hydrogen) atoms. The van der Waals surface area contributed by atoms with Gasteiger partial charge in [0.1, 0.15) is 10.6 Å². The molecule has 0 radical (unpaired) electrons. The van der Waals surface area contributed by atoms with Crippen molar-refractivity contribution in [2.45, 2.75) is 12.8 Å². The van der Waals surface area contributed by atoms with E-state index < -0.39 is 0 Å². The summed E-state index contributed by atoms with van der Waals surface area (Å²) >= 11 is 1.58. The highest BCUT2D eigenvalue weighted by Crippen LogP contribution is 2.29. The highest BCUT2D eigenvalue weighted by Gasteiger charge is 2.21. The number of likely N-dealkylation sites (N-methyl/N-ethyl adjacent to an activating group) is 1. The van der Waals surface area contributed by atoms with Crippen LogP contribution in [0, 0.1) is 5.92 Å². The normalized spacial score (nSPS) is 15.0. The van der Waals surface area contributed by atoms with Crippen LogP contribution in [0.15, 0.2) is 11.4 Å². The predicted molar refractivity (Wildman–Crippen MR) is 78.6 cm³/mol. The number of hydrogen-bond acceptors (Lipinski definition) is 6. The highest BCUT2D eigenvalue weighted by molar-refractivity contribution is 7.16. The van der Waals surface area contributed by atoms with Gasteiger partial charge >= 0.3 is 0 Å². The lowest BCUT2D eigenvalue weighted by atomic mass is 10.3. The second kappa shape index (κ2) is 5.30. The number of nitrogens with two attached hydrogens (primary N) is 1. The molecule has 2 aromatic rings. The summed E-state index contributed by atoms with van der Waals surface area (Å²) < 4.78 is 5.66. The van der Waals surface area contributed by atoms with Crippen molar-refractivity contribution < 1.29 is 4.74 Å². The molecule has 1 saturated carbocycles. The van der Waals surface area contributed by atoms with Crippen molar-refractivity contribution in [3.8, 4) is 0 Å². The fourth-order valence-corrected chi connectivity index (χ4v) is 2.75. The van der Waals surface area contributed by atoms with Crippen LogP contribution >= 0.6 is 11.3 Å². The van der Waals surface area contributed by atoms with Crippen LogP contribution in [0.25, 0.3) is 10.2 Å². The molecule has 0 unspecified atom stereocenters. The molecule has 0 saturated heterocycles. The zero-order valence-electron chi connectivity index (χ0n) is 11.0. The summed E-state index contributed by atoms with van der Waals surface area (Å²) in [6.45, 7) is 2.43. The molecule has 0 bridgehead atoms. The standard InChI is InChI=1S/C13H18N4OS/c1-17(5-6-18-8-9-2-3-9)11-10-4-7-19-12(10)16-13(14)15-11/h4,7,9H,2-3,5-6,8H2,1H3,(H2,14,15,16). The summed E-state index contributed by atoms with van der Waals surface area (Å²) in [6.07, 6.45) is 2.65. The first-order chi connectivity index (χ1) is 9.24. The van der Waals surface area contributed by atoms with E-state index in [-0.39, 0.29) is 0 Å². The third kappa shape index (κ3) is 2.96. The largest absolute Gasteiger partial charge is 0.379 e. The molecule has 0 aromatic carbocycles. The summed E-state index contributed by atoms with van der Waals surface area (Å²) in [5.41, 5.74) is 5.75. The van der Waals surface area contributed by atoms with Crippen molar-refractivity contribution in [1.29, 1.82) is 0 Å². The lowest BCUT2D eigenvalue weighted by molar-refractivity contribution is 0.131.